The van der Waals surface area contributed by atoms with Crippen molar-refractivity contribution in [1.82, 2.24) is 24.7 Å². The zero-order chi connectivity index (χ0) is 23.3. The minimum atomic E-state index is -1.19. The Morgan fingerprint density at radius 1 is 1.06 bits per heavy atom. The smallest absolute Gasteiger partial charge is 0.404 e. The highest BCUT2D eigenvalue weighted by Gasteiger charge is 2.48. The molecule has 1 saturated carbocycles. The number of hydrogen-bond donors (Lipinski definition) is 2. The number of amides is 1. The number of fused-ring (bicyclic) bond motifs is 2. The van der Waals surface area contributed by atoms with Crippen LogP contribution in [0.5, 0.6) is 0 Å². The van der Waals surface area contributed by atoms with Gasteiger partial charge in [-0.25, -0.2) is 19.2 Å². The molecule has 6 rings (SSSR count). The lowest BCUT2D eigenvalue weighted by atomic mass is 9.91. The number of hydrogen-bond acceptors (Lipinski definition) is 4. The molecule has 0 unspecified atom stereocenters. The monoisotopic (exact) mass is 453 g/mol. The van der Waals surface area contributed by atoms with Gasteiger partial charge in [-0.2, -0.15) is 0 Å². The summed E-state index contributed by atoms with van der Waals surface area (Å²) >= 11 is 0. The Balaban J connectivity index is 1.39. The van der Waals surface area contributed by atoms with Crippen LogP contribution in [0.25, 0.3) is 27.8 Å². The molecule has 1 amide bonds. The third-order valence-corrected chi connectivity index (χ3v) is 6.58. The first-order valence-corrected chi connectivity index (χ1v) is 11.0. The summed E-state index contributed by atoms with van der Waals surface area (Å²) in [6.45, 7) is -0.0891. The van der Waals surface area contributed by atoms with Crippen LogP contribution in [0.2, 0.25) is 0 Å². The van der Waals surface area contributed by atoms with Gasteiger partial charge in [-0.3, -0.25) is 9.38 Å². The van der Waals surface area contributed by atoms with Crippen molar-refractivity contribution in [2.75, 3.05) is 0 Å². The van der Waals surface area contributed by atoms with Crippen molar-refractivity contribution >= 4 is 22.8 Å². The number of carboxylic acid groups (broad SMARTS) is 1. The van der Waals surface area contributed by atoms with Gasteiger partial charge in [-0.1, -0.05) is 24.3 Å². The van der Waals surface area contributed by atoms with Crippen LogP contribution in [0.3, 0.4) is 0 Å². The molecule has 0 aliphatic heterocycles. The Hall–Kier alpha value is -4.33. The maximum absolute atomic E-state index is 14.6. The Bertz CT molecular complexity index is 1570. The largest absolute Gasteiger partial charge is 0.465 e. The lowest BCUT2D eigenvalue weighted by molar-refractivity contribution is 0.194. The molecule has 1 fully saturated rings. The molecule has 1 aliphatic rings. The van der Waals surface area contributed by atoms with E-state index < -0.39 is 11.9 Å². The van der Waals surface area contributed by atoms with Gasteiger partial charge in [-0.15, -0.1) is 0 Å². The predicted molar refractivity (Wildman–Crippen MR) is 125 cm³/mol. The van der Waals surface area contributed by atoms with Gasteiger partial charge in [0.2, 0.25) is 5.78 Å². The molecule has 2 N–H and O–H groups in total. The van der Waals surface area contributed by atoms with Gasteiger partial charge in [0, 0.05) is 47.1 Å². The molecule has 0 saturated heterocycles. The maximum Gasteiger partial charge on any atom is 0.404 e. The van der Waals surface area contributed by atoms with E-state index in [4.69, 9.17) is 5.11 Å². The molecule has 168 valence electrons. The minimum Gasteiger partial charge on any atom is -0.465 e. The fourth-order valence-electron chi connectivity index (χ4n) is 4.61. The molecule has 3 aromatic heterocycles. The van der Waals surface area contributed by atoms with Crippen LogP contribution in [-0.2, 0) is 12.0 Å². The summed E-state index contributed by atoms with van der Waals surface area (Å²) in [5, 5.41) is 12.0. The summed E-state index contributed by atoms with van der Waals surface area (Å²) in [7, 11) is 0. The highest BCUT2D eigenvalue weighted by molar-refractivity contribution is 5.79. The first kappa shape index (κ1) is 20.3. The zero-order valence-electron chi connectivity index (χ0n) is 18.1. The number of carbonyl (C=O) groups is 1. The van der Waals surface area contributed by atoms with Crippen molar-refractivity contribution in [2.24, 2.45) is 0 Å². The van der Waals surface area contributed by atoms with E-state index in [0.29, 0.717) is 11.3 Å². The standard InChI is InChI=1S/C26H20FN5O2/c27-21-11-16(3-4-18(21)12-31-25(33)34)19-13-29-24-30-14-23(32(24)15-19)26(7-8-26)20-5-6-22-17(10-20)2-1-9-28-22/h1-6,9-11,13-15,31H,7-8,12H2,(H,33,34). The Kier molecular flexibility index (Phi) is 4.55. The van der Waals surface area contributed by atoms with E-state index in [9.17, 15) is 9.18 Å². The van der Waals surface area contributed by atoms with Crippen LogP contribution < -0.4 is 5.32 Å². The van der Waals surface area contributed by atoms with Crippen molar-refractivity contribution in [3.8, 4) is 11.1 Å². The highest BCUT2D eigenvalue weighted by Crippen LogP contribution is 2.53. The third-order valence-electron chi connectivity index (χ3n) is 6.58. The molecule has 0 spiro atoms. The van der Waals surface area contributed by atoms with Crippen LogP contribution >= 0.6 is 0 Å². The fourth-order valence-corrected chi connectivity index (χ4v) is 4.61. The second-order valence-corrected chi connectivity index (χ2v) is 8.61. The third kappa shape index (κ3) is 3.35. The molecule has 8 heteroatoms. The highest BCUT2D eigenvalue weighted by atomic mass is 19.1. The molecular weight excluding hydrogens is 433 g/mol. The Labute approximate surface area is 193 Å². The number of nitrogens with zero attached hydrogens (tertiary/aromatic N) is 4. The van der Waals surface area contributed by atoms with Crippen LogP contribution in [0, 0.1) is 5.82 Å². The number of imidazole rings is 1. The molecule has 0 atom stereocenters. The van der Waals surface area contributed by atoms with E-state index in [2.05, 4.69) is 44.5 Å². The van der Waals surface area contributed by atoms with Crippen LogP contribution in [0.1, 0.15) is 29.7 Å². The quantitative estimate of drug-likeness (QED) is 0.394. The Morgan fingerprint density at radius 3 is 2.71 bits per heavy atom. The van der Waals surface area contributed by atoms with Crippen molar-refractivity contribution < 1.29 is 14.3 Å². The summed E-state index contributed by atoms with van der Waals surface area (Å²) in [6, 6.07) is 15.2. The second kappa shape index (κ2) is 7.62. The topological polar surface area (TPSA) is 92.4 Å². The number of halogens is 1. The zero-order valence-corrected chi connectivity index (χ0v) is 18.1. The summed E-state index contributed by atoms with van der Waals surface area (Å²) in [4.78, 5) is 24.2. The van der Waals surface area contributed by atoms with Gasteiger partial charge in [0.25, 0.3) is 0 Å². The number of nitrogens with one attached hydrogen (secondary N) is 1. The summed E-state index contributed by atoms with van der Waals surface area (Å²) in [5.41, 5.74) is 4.80. The first-order chi connectivity index (χ1) is 16.5. The lowest BCUT2D eigenvalue weighted by Gasteiger charge is -2.17. The maximum atomic E-state index is 14.6. The van der Waals surface area contributed by atoms with E-state index in [1.807, 2.05) is 22.9 Å². The normalized spacial score (nSPS) is 14.4. The fraction of sp³-hybridized carbons (Fsp3) is 0.154. The first-order valence-electron chi connectivity index (χ1n) is 11.0. The van der Waals surface area contributed by atoms with Gasteiger partial charge < -0.3 is 10.4 Å². The molecule has 7 nitrogen and oxygen atoms in total. The van der Waals surface area contributed by atoms with Gasteiger partial charge in [-0.05, 0) is 48.2 Å². The van der Waals surface area contributed by atoms with Gasteiger partial charge in [0.1, 0.15) is 5.82 Å². The molecule has 2 aromatic carbocycles. The van der Waals surface area contributed by atoms with Crippen LogP contribution in [0.15, 0.2) is 73.3 Å². The summed E-state index contributed by atoms with van der Waals surface area (Å²) in [5.74, 6) is 0.121. The second-order valence-electron chi connectivity index (χ2n) is 8.61. The van der Waals surface area contributed by atoms with Crippen molar-refractivity contribution in [2.45, 2.75) is 24.8 Å². The van der Waals surface area contributed by atoms with E-state index >= 15 is 0 Å². The average molecular weight is 453 g/mol. The molecule has 5 aromatic rings. The van der Waals surface area contributed by atoms with Gasteiger partial charge in [0.15, 0.2) is 0 Å². The Morgan fingerprint density at radius 2 is 1.91 bits per heavy atom. The number of aromatic nitrogens is 4. The molecule has 3 heterocycles. The molecule has 0 radical (unpaired) electrons. The van der Waals surface area contributed by atoms with Crippen molar-refractivity contribution in [1.29, 1.82) is 0 Å². The SMILES string of the molecule is O=C(O)NCc1ccc(-c2cnc3ncc(C4(c5ccc6ncccc6c5)CC4)n3c2)cc1F. The predicted octanol–water partition coefficient (Wildman–Crippen LogP) is 4.93. The average Bonchev–Trinajstić information content (AvgIpc) is 3.55. The van der Waals surface area contributed by atoms with Crippen molar-refractivity contribution in [3.05, 3.63) is 96.0 Å². The number of benzene rings is 2. The molecule has 0 bridgehead atoms. The molecular formula is C26H20FN5O2. The molecule has 1 aliphatic carbocycles. The van der Waals surface area contributed by atoms with E-state index in [1.54, 1.807) is 24.5 Å². The van der Waals surface area contributed by atoms with Crippen LogP contribution in [0.4, 0.5) is 9.18 Å². The minimum absolute atomic E-state index is 0.0891. The number of pyridine rings is 1. The summed E-state index contributed by atoms with van der Waals surface area (Å²) < 4.78 is 16.6. The van der Waals surface area contributed by atoms with Gasteiger partial charge >= 0.3 is 6.09 Å². The van der Waals surface area contributed by atoms with Crippen molar-refractivity contribution in [3.63, 3.8) is 0 Å². The van der Waals surface area contributed by atoms with Crippen LogP contribution in [-0.4, -0.2) is 30.6 Å². The summed E-state index contributed by atoms with van der Waals surface area (Å²) in [6.07, 6.45) is 8.13. The number of rotatable bonds is 5. The van der Waals surface area contributed by atoms with Gasteiger partial charge in [0.05, 0.1) is 17.4 Å². The molecule has 34 heavy (non-hydrogen) atoms. The van der Waals surface area contributed by atoms with E-state index in [1.165, 1.54) is 11.6 Å². The van der Waals surface area contributed by atoms with E-state index in [0.717, 1.165) is 35.0 Å². The lowest BCUT2D eigenvalue weighted by Crippen LogP contribution is -2.20. The van der Waals surface area contributed by atoms with E-state index in [-0.39, 0.29) is 17.5 Å².